The topological polar surface area (TPSA) is 59.9 Å². The molecule has 0 aliphatic carbocycles. The Hall–Kier alpha value is -2.13. The van der Waals surface area contributed by atoms with Crippen molar-refractivity contribution in [3.05, 3.63) is 92.9 Å². The summed E-state index contributed by atoms with van der Waals surface area (Å²) in [5, 5.41) is 4.74. The van der Waals surface area contributed by atoms with Gasteiger partial charge in [-0.1, -0.05) is 51.8 Å². The molecule has 1 aliphatic heterocycles. The molecule has 176 valence electrons. The Morgan fingerprint density at radius 2 is 1.79 bits per heavy atom. The minimum atomic E-state index is -0.346. The lowest BCUT2D eigenvalue weighted by Crippen LogP contribution is -2.24. The number of carbonyl (C=O) groups is 1. The van der Waals surface area contributed by atoms with E-state index in [-0.39, 0.29) is 12.5 Å². The van der Waals surface area contributed by atoms with E-state index in [9.17, 15) is 4.79 Å². The number of hydrogen-bond donors (Lipinski definition) is 1. The SMILES string of the molecule is O=C(COc1ccc(C2SCCS2)cc1)N/N=C\c1cc(Br)ccc1OCc1ccc(Cl)cc1. The molecule has 0 spiro atoms. The normalized spacial score (nSPS) is 13.8. The third-order valence-electron chi connectivity index (χ3n) is 4.82. The van der Waals surface area contributed by atoms with Crippen LogP contribution in [0.2, 0.25) is 5.02 Å². The lowest BCUT2D eigenvalue weighted by Gasteiger charge is -2.10. The predicted octanol–water partition coefficient (Wildman–Crippen LogP) is 6.69. The van der Waals surface area contributed by atoms with Crippen molar-refractivity contribution in [3.63, 3.8) is 0 Å². The number of ether oxygens (including phenoxy) is 2. The zero-order chi connectivity index (χ0) is 23.8. The highest BCUT2D eigenvalue weighted by Crippen LogP contribution is 2.45. The molecule has 4 rings (SSSR count). The van der Waals surface area contributed by atoms with Crippen molar-refractivity contribution >= 4 is 63.2 Å². The predicted molar refractivity (Wildman–Crippen MR) is 145 cm³/mol. The van der Waals surface area contributed by atoms with Gasteiger partial charge in [0.25, 0.3) is 5.91 Å². The minimum absolute atomic E-state index is 0.123. The van der Waals surface area contributed by atoms with E-state index in [4.69, 9.17) is 21.1 Å². The highest BCUT2D eigenvalue weighted by atomic mass is 79.9. The maximum atomic E-state index is 12.2. The summed E-state index contributed by atoms with van der Waals surface area (Å²) in [6.07, 6.45) is 1.55. The molecule has 1 fully saturated rings. The molecule has 0 unspecified atom stereocenters. The van der Waals surface area contributed by atoms with Gasteiger partial charge < -0.3 is 9.47 Å². The molecule has 0 aromatic heterocycles. The molecule has 0 atom stereocenters. The summed E-state index contributed by atoms with van der Waals surface area (Å²) in [6.45, 7) is 0.263. The zero-order valence-corrected chi connectivity index (χ0v) is 22.1. The lowest BCUT2D eigenvalue weighted by atomic mass is 10.2. The molecule has 1 aliphatic rings. The van der Waals surface area contributed by atoms with Crippen molar-refractivity contribution in [1.82, 2.24) is 5.43 Å². The molecule has 34 heavy (non-hydrogen) atoms. The first-order valence-electron chi connectivity index (χ1n) is 10.5. The van der Waals surface area contributed by atoms with Gasteiger partial charge in [0.1, 0.15) is 18.1 Å². The number of nitrogens with zero attached hydrogens (tertiary/aromatic N) is 1. The van der Waals surface area contributed by atoms with Gasteiger partial charge in [0.05, 0.1) is 10.8 Å². The van der Waals surface area contributed by atoms with Crippen molar-refractivity contribution in [3.8, 4) is 11.5 Å². The van der Waals surface area contributed by atoms with Gasteiger partial charge in [-0.3, -0.25) is 4.79 Å². The number of rotatable bonds is 9. The minimum Gasteiger partial charge on any atom is -0.488 e. The standard InChI is InChI=1S/C25H22BrClN2O3S2/c26-20-5-10-23(32-15-17-1-6-21(27)7-2-17)19(13-20)14-28-29-24(30)16-31-22-8-3-18(4-9-22)25-33-11-12-34-25/h1-10,13-14,25H,11-12,15-16H2,(H,29,30)/b28-14-. The number of hydrazone groups is 1. The largest absolute Gasteiger partial charge is 0.488 e. The number of thioether (sulfide) groups is 2. The van der Waals surface area contributed by atoms with Crippen LogP contribution < -0.4 is 14.9 Å². The van der Waals surface area contributed by atoms with Crippen molar-refractivity contribution in [2.24, 2.45) is 5.10 Å². The van der Waals surface area contributed by atoms with Crippen LogP contribution in [0.5, 0.6) is 11.5 Å². The van der Waals surface area contributed by atoms with E-state index in [0.29, 0.717) is 27.7 Å². The Bertz CT molecular complexity index is 1140. The van der Waals surface area contributed by atoms with Crippen LogP contribution in [-0.2, 0) is 11.4 Å². The average Bonchev–Trinajstić information content (AvgIpc) is 3.39. The maximum Gasteiger partial charge on any atom is 0.277 e. The van der Waals surface area contributed by atoms with E-state index in [1.165, 1.54) is 17.1 Å². The summed E-state index contributed by atoms with van der Waals surface area (Å²) in [4.78, 5) is 12.2. The summed E-state index contributed by atoms with van der Waals surface area (Å²) in [7, 11) is 0. The Kier molecular flexibility index (Phi) is 9.21. The first kappa shape index (κ1) is 25.0. The smallest absolute Gasteiger partial charge is 0.277 e. The molecule has 5 nitrogen and oxygen atoms in total. The van der Waals surface area contributed by atoms with Crippen LogP contribution in [0.3, 0.4) is 0 Å². The van der Waals surface area contributed by atoms with E-state index in [0.717, 1.165) is 15.6 Å². The van der Waals surface area contributed by atoms with Gasteiger partial charge in [-0.05, 0) is 53.6 Å². The molecule has 0 saturated carbocycles. The second-order valence-electron chi connectivity index (χ2n) is 7.32. The lowest BCUT2D eigenvalue weighted by molar-refractivity contribution is -0.123. The number of benzene rings is 3. The molecular formula is C25H22BrClN2O3S2. The third-order valence-corrected chi connectivity index (χ3v) is 8.67. The monoisotopic (exact) mass is 576 g/mol. The van der Waals surface area contributed by atoms with Crippen LogP contribution in [0, 0.1) is 0 Å². The summed E-state index contributed by atoms with van der Waals surface area (Å²) < 4.78 is 12.9. The van der Waals surface area contributed by atoms with Crippen molar-refractivity contribution < 1.29 is 14.3 Å². The second-order valence-corrected chi connectivity index (χ2v) is 11.4. The van der Waals surface area contributed by atoms with Crippen LogP contribution >= 0.6 is 51.1 Å². The molecule has 0 bridgehead atoms. The van der Waals surface area contributed by atoms with Gasteiger partial charge in [0.15, 0.2) is 6.61 Å². The summed E-state index contributed by atoms with van der Waals surface area (Å²) >= 11 is 13.3. The van der Waals surface area contributed by atoms with Crippen LogP contribution in [0.4, 0.5) is 0 Å². The van der Waals surface area contributed by atoms with E-state index >= 15 is 0 Å². The third kappa shape index (κ3) is 7.43. The van der Waals surface area contributed by atoms with Gasteiger partial charge >= 0.3 is 0 Å². The summed E-state index contributed by atoms with van der Waals surface area (Å²) in [6, 6.07) is 21.0. The van der Waals surface area contributed by atoms with Crippen LogP contribution in [-0.4, -0.2) is 30.2 Å². The Balaban J connectivity index is 1.27. The fraction of sp³-hybridized carbons (Fsp3) is 0.200. The van der Waals surface area contributed by atoms with Gasteiger partial charge in [-0.2, -0.15) is 5.10 Å². The highest BCUT2D eigenvalue weighted by molar-refractivity contribution is 9.10. The first-order valence-corrected chi connectivity index (χ1v) is 13.8. The molecule has 1 heterocycles. The van der Waals surface area contributed by atoms with Crippen molar-refractivity contribution in [2.45, 2.75) is 11.2 Å². The number of amides is 1. The van der Waals surface area contributed by atoms with Crippen LogP contribution in [0.1, 0.15) is 21.3 Å². The van der Waals surface area contributed by atoms with Crippen LogP contribution in [0.25, 0.3) is 0 Å². The second kappa shape index (κ2) is 12.5. The number of carbonyl (C=O) groups excluding carboxylic acids is 1. The van der Waals surface area contributed by atoms with E-state index in [1.807, 2.05) is 78.1 Å². The van der Waals surface area contributed by atoms with Gasteiger partial charge in [0, 0.05) is 26.6 Å². The fourth-order valence-corrected chi connectivity index (χ4v) is 6.48. The fourth-order valence-electron chi connectivity index (χ4n) is 3.12. The zero-order valence-electron chi connectivity index (χ0n) is 18.1. The summed E-state index contributed by atoms with van der Waals surface area (Å²) in [5.74, 6) is 3.32. The highest BCUT2D eigenvalue weighted by Gasteiger charge is 2.18. The number of hydrogen-bond acceptors (Lipinski definition) is 6. The van der Waals surface area contributed by atoms with Gasteiger partial charge in [-0.15, -0.1) is 23.5 Å². The molecule has 1 N–H and O–H groups in total. The molecule has 1 amide bonds. The van der Waals surface area contributed by atoms with Crippen molar-refractivity contribution in [2.75, 3.05) is 18.1 Å². The Morgan fingerprint density at radius 1 is 1.06 bits per heavy atom. The van der Waals surface area contributed by atoms with E-state index < -0.39 is 0 Å². The number of nitrogens with one attached hydrogen (secondary N) is 1. The van der Waals surface area contributed by atoms with Gasteiger partial charge in [0.2, 0.25) is 0 Å². The molecule has 3 aromatic rings. The van der Waals surface area contributed by atoms with Gasteiger partial charge in [-0.25, -0.2) is 5.43 Å². The van der Waals surface area contributed by atoms with Crippen molar-refractivity contribution in [1.29, 1.82) is 0 Å². The summed E-state index contributed by atoms with van der Waals surface area (Å²) in [5.41, 5.74) is 5.49. The Labute approximate surface area is 220 Å². The molecule has 1 saturated heterocycles. The average molecular weight is 578 g/mol. The molecular weight excluding hydrogens is 556 g/mol. The van der Waals surface area contributed by atoms with Crippen LogP contribution in [0.15, 0.2) is 76.3 Å². The van der Waals surface area contributed by atoms with E-state index in [2.05, 4.69) is 38.6 Å². The van der Waals surface area contributed by atoms with E-state index in [1.54, 1.807) is 6.21 Å². The maximum absolute atomic E-state index is 12.2. The Morgan fingerprint density at radius 3 is 2.53 bits per heavy atom. The first-order chi connectivity index (χ1) is 16.6. The molecule has 3 aromatic carbocycles. The quantitative estimate of drug-likeness (QED) is 0.227. The molecule has 9 heteroatoms. The number of halogens is 2. The molecule has 0 radical (unpaired) electrons.